The van der Waals surface area contributed by atoms with Crippen LogP contribution in [-0.2, 0) is 16.8 Å². The third kappa shape index (κ3) is 4.10. The fourth-order valence-electron chi connectivity index (χ4n) is 3.55. The molecule has 0 spiro atoms. The number of phenols is 1. The first-order valence-corrected chi connectivity index (χ1v) is 10.0. The van der Waals surface area contributed by atoms with E-state index < -0.39 is 11.8 Å². The van der Waals surface area contributed by atoms with E-state index in [2.05, 4.69) is 31.4 Å². The molecule has 158 valence electrons. The molecule has 1 aliphatic heterocycles. The van der Waals surface area contributed by atoms with Gasteiger partial charge in [-0.3, -0.25) is 14.9 Å². The number of imide groups is 1. The van der Waals surface area contributed by atoms with Crippen LogP contribution >= 0.6 is 0 Å². The summed E-state index contributed by atoms with van der Waals surface area (Å²) >= 11 is 0. The Labute approximate surface area is 180 Å². The van der Waals surface area contributed by atoms with Gasteiger partial charge in [-0.15, -0.1) is 0 Å². The SMILES string of the molecule is CC(C)(C)c1ccc2c(c1)/C(=C/NCc1ccc(-c3ccoc3)c(O)c1)C(=O)NC2=O. The average Bonchev–Trinajstić information content (AvgIpc) is 3.24. The molecule has 1 aromatic heterocycles. The van der Waals surface area contributed by atoms with Crippen molar-refractivity contribution in [2.45, 2.75) is 32.7 Å². The zero-order valence-corrected chi connectivity index (χ0v) is 17.7. The lowest BCUT2D eigenvalue weighted by molar-refractivity contribution is -0.114. The number of furan rings is 1. The van der Waals surface area contributed by atoms with Crippen molar-refractivity contribution >= 4 is 17.4 Å². The zero-order valence-electron chi connectivity index (χ0n) is 17.7. The molecular weight excluding hydrogens is 392 g/mol. The lowest BCUT2D eigenvalue weighted by Crippen LogP contribution is -2.37. The van der Waals surface area contributed by atoms with Crippen molar-refractivity contribution in [3.05, 3.63) is 83.4 Å². The van der Waals surface area contributed by atoms with Crippen LogP contribution in [0.25, 0.3) is 16.7 Å². The fourth-order valence-corrected chi connectivity index (χ4v) is 3.55. The van der Waals surface area contributed by atoms with Crippen molar-refractivity contribution < 1.29 is 19.1 Å². The van der Waals surface area contributed by atoms with E-state index in [0.29, 0.717) is 28.8 Å². The Morgan fingerprint density at radius 3 is 2.45 bits per heavy atom. The van der Waals surface area contributed by atoms with Crippen molar-refractivity contribution in [2.75, 3.05) is 0 Å². The quantitative estimate of drug-likeness (QED) is 0.434. The molecule has 0 unspecified atom stereocenters. The molecule has 0 aliphatic carbocycles. The second kappa shape index (κ2) is 7.80. The molecule has 3 aromatic rings. The van der Waals surface area contributed by atoms with E-state index in [1.54, 1.807) is 36.9 Å². The highest BCUT2D eigenvalue weighted by atomic mass is 16.3. The van der Waals surface area contributed by atoms with Crippen LogP contribution in [0.1, 0.15) is 47.8 Å². The fraction of sp³-hybridized carbons (Fsp3) is 0.200. The molecule has 0 fully saturated rings. The Bertz CT molecular complexity index is 1180. The molecule has 2 heterocycles. The number of fused-ring (bicyclic) bond motifs is 1. The van der Waals surface area contributed by atoms with Gasteiger partial charge < -0.3 is 14.8 Å². The molecule has 2 amide bonds. The first kappa shape index (κ1) is 20.5. The summed E-state index contributed by atoms with van der Waals surface area (Å²) in [6.07, 6.45) is 4.75. The summed E-state index contributed by atoms with van der Waals surface area (Å²) in [6.45, 7) is 6.65. The van der Waals surface area contributed by atoms with E-state index >= 15 is 0 Å². The Hall–Kier alpha value is -3.80. The summed E-state index contributed by atoms with van der Waals surface area (Å²) < 4.78 is 5.07. The first-order chi connectivity index (χ1) is 14.7. The number of hydrogen-bond donors (Lipinski definition) is 3. The average molecular weight is 416 g/mol. The molecule has 6 nitrogen and oxygen atoms in total. The standard InChI is InChI=1S/C25H24N2O4/c1-25(2,3)17-5-7-19-20(11-17)21(24(30)27-23(19)29)13-26-12-15-4-6-18(22(28)10-15)16-8-9-31-14-16/h4-11,13-14,26,28H,12H2,1-3H3,(H,27,29,30)/b21-13-. The summed E-state index contributed by atoms with van der Waals surface area (Å²) in [5.41, 5.74) is 4.75. The minimum Gasteiger partial charge on any atom is -0.507 e. The molecule has 0 radical (unpaired) electrons. The van der Waals surface area contributed by atoms with Crippen LogP contribution in [0.2, 0.25) is 0 Å². The number of benzene rings is 2. The summed E-state index contributed by atoms with van der Waals surface area (Å²) in [5.74, 6) is -0.680. The van der Waals surface area contributed by atoms with Crippen molar-refractivity contribution in [1.29, 1.82) is 0 Å². The maximum atomic E-state index is 12.5. The van der Waals surface area contributed by atoms with Crippen LogP contribution < -0.4 is 10.6 Å². The van der Waals surface area contributed by atoms with Gasteiger partial charge in [-0.05, 0) is 40.8 Å². The number of nitrogens with one attached hydrogen (secondary N) is 2. The van der Waals surface area contributed by atoms with Gasteiger partial charge in [0.25, 0.3) is 11.8 Å². The third-order valence-electron chi connectivity index (χ3n) is 5.34. The topological polar surface area (TPSA) is 91.6 Å². The number of hydrogen-bond acceptors (Lipinski definition) is 5. The molecule has 2 aromatic carbocycles. The Balaban J connectivity index is 1.58. The van der Waals surface area contributed by atoms with Crippen LogP contribution in [-0.4, -0.2) is 16.9 Å². The van der Waals surface area contributed by atoms with Gasteiger partial charge >= 0.3 is 0 Å². The van der Waals surface area contributed by atoms with E-state index in [1.807, 2.05) is 24.3 Å². The highest BCUT2D eigenvalue weighted by Crippen LogP contribution is 2.31. The lowest BCUT2D eigenvalue weighted by atomic mass is 9.83. The van der Waals surface area contributed by atoms with Crippen molar-refractivity contribution in [2.24, 2.45) is 0 Å². The van der Waals surface area contributed by atoms with Gasteiger partial charge in [-0.25, -0.2) is 0 Å². The van der Waals surface area contributed by atoms with Crippen LogP contribution in [0, 0.1) is 0 Å². The van der Waals surface area contributed by atoms with Crippen LogP contribution in [0.4, 0.5) is 0 Å². The highest BCUT2D eigenvalue weighted by Gasteiger charge is 2.28. The van der Waals surface area contributed by atoms with Gasteiger partial charge in [0.1, 0.15) is 5.75 Å². The normalized spacial score (nSPS) is 15.0. The molecule has 31 heavy (non-hydrogen) atoms. The summed E-state index contributed by atoms with van der Waals surface area (Å²) in [6, 6.07) is 12.8. The molecule has 6 heteroatoms. The Morgan fingerprint density at radius 1 is 1.00 bits per heavy atom. The minimum absolute atomic E-state index is 0.112. The second-order valence-electron chi connectivity index (χ2n) is 8.60. The van der Waals surface area contributed by atoms with Crippen LogP contribution in [0.5, 0.6) is 5.75 Å². The maximum Gasteiger partial charge on any atom is 0.260 e. The third-order valence-corrected chi connectivity index (χ3v) is 5.34. The van der Waals surface area contributed by atoms with Gasteiger partial charge in [-0.1, -0.05) is 39.0 Å². The van der Waals surface area contributed by atoms with Gasteiger partial charge in [0.2, 0.25) is 0 Å². The highest BCUT2D eigenvalue weighted by molar-refractivity contribution is 6.31. The predicted octanol–water partition coefficient (Wildman–Crippen LogP) is 4.35. The number of carbonyl (C=O) groups is 2. The lowest BCUT2D eigenvalue weighted by Gasteiger charge is -2.24. The molecule has 0 atom stereocenters. The molecule has 0 saturated heterocycles. The monoisotopic (exact) mass is 416 g/mol. The smallest absolute Gasteiger partial charge is 0.260 e. The first-order valence-electron chi connectivity index (χ1n) is 10.0. The van der Waals surface area contributed by atoms with Gasteiger partial charge in [0, 0.05) is 35.0 Å². The van der Waals surface area contributed by atoms with Gasteiger partial charge in [0.05, 0.1) is 18.1 Å². The minimum atomic E-state index is -0.436. The summed E-state index contributed by atoms with van der Waals surface area (Å²) in [4.78, 5) is 24.8. The molecule has 4 rings (SSSR count). The number of carbonyl (C=O) groups excluding carboxylic acids is 2. The Morgan fingerprint density at radius 2 is 1.77 bits per heavy atom. The molecular formula is C25H24N2O4. The largest absolute Gasteiger partial charge is 0.507 e. The number of phenolic OH excluding ortho intramolecular Hbond substituents is 1. The van der Waals surface area contributed by atoms with E-state index in [0.717, 1.165) is 16.7 Å². The Kier molecular flexibility index (Phi) is 5.15. The molecule has 0 bridgehead atoms. The van der Waals surface area contributed by atoms with E-state index in [-0.39, 0.29) is 11.2 Å². The number of amides is 2. The number of rotatable bonds is 4. The van der Waals surface area contributed by atoms with E-state index in [9.17, 15) is 14.7 Å². The van der Waals surface area contributed by atoms with Crippen molar-refractivity contribution in [1.82, 2.24) is 10.6 Å². The van der Waals surface area contributed by atoms with Crippen LogP contribution in [0.15, 0.2) is 65.6 Å². The van der Waals surface area contributed by atoms with E-state index in [1.165, 1.54) is 0 Å². The second-order valence-corrected chi connectivity index (χ2v) is 8.60. The van der Waals surface area contributed by atoms with Crippen molar-refractivity contribution in [3.8, 4) is 16.9 Å². The summed E-state index contributed by atoms with van der Waals surface area (Å²) in [5, 5.41) is 15.9. The molecule has 3 N–H and O–H groups in total. The van der Waals surface area contributed by atoms with E-state index in [4.69, 9.17) is 4.42 Å². The van der Waals surface area contributed by atoms with Gasteiger partial charge in [0.15, 0.2) is 0 Å². The van der Waals surface area contributed by atoms with Gasteiger partial charge in [-0.2, -0.15) is 0 Å². The molecule has 0 saturated carbocycles. The number of aromatic hydroxyl groups is 1. The molecule has 1 aliphatic rings. The maximum absolute atomic E-state index is 12.5. The van der Waals surface area contributed by atoms with Crippen molar-refractivity contribution in [3.63, 3.8) is 0 Å². The summed E-state index contributed by atoms with van der Waals surface area (Å²) in [7, 11) is 0. The van der Waals surface area contributed by atoms with Crippen LogP contribution in [0.3, 0.4) is 0 Å². The zero-order chi connectivity index (χ0) is 22.2. The predicted molar refractivity (Wildman–Crippen MR) is 118 cm³/mol.